The number of fused-ring (bicyclic) bond motifs is 2. The predicted molar refractivity (Wildman–Crippen MR) is 82.6 cm³/mol. The van der Waals surface area contributed by atoms with Crippen molar-refractivity contribution in [1.82, 2.24) is 19.8 Å². The highest BCUT2D eigenvalue weighted by Crippen LogP contribution is 2.27. The van der Waals surface area contributed by atoms with Crippen LogP contribution in [0.25, 0.3) is 26.3 Å². The van der Waals surface area contributed by atoms with Crippen LogP contribution < -0.4 is 5.56 Å². The Labute approximate surface area is 123 Å². The lowest BCUT2D eigenvalue weighted by molar-refractivity contribution is 0.829. The van der Waals surface area contributed by atoms with Crippen LogP contribution in [-0.2, 0) is 0 Å². The van der Waals surface area contributed by atoms with Gasteiger partial charge in [-0.2, -0.15) is 9.61 Å². The van der Waals surface area contributed by atoms with Crippen LogP contribution in [0, 0.1) is 6.92 Å². The topological polar surface area (TPSA) is 60.1 Å². The molecular formula is C15H10N4OS. The second-order valence-electron chi connectivity index (χ2n) is 4.75. The van der Waals surface area contributed by atoms with Crippen molar-refractivity contribution >= 4 is 27.1 Å². The first-order chi connectivity index (χ1) is 10.2. The number of rotatable bonds is 1. The first kappa shape index (κ1) is 12.2. The van der Waals surface area contributed by atoms with Crippen molar-refractivity contribution in [2.24, 2.45) is 0 Å². The summed E-state index contributed by atoms with van der Waals surface area (Å²) in [6.45, 7) is 1.64. The van der Waals surface area contributed by atoms with Gasteiger partial charge in [-0.3, -0.25) is 4.79 Å². The molecule has 6 heteroatoms. The zero-order valence-electron chi connectivity index (χ0n) is 11.1. The van der Waals surface area contributed by atoms with Crippen LogP contribution in [0.2, 0.25) is 0 Å². The summed E-state index contributed by atoms with van der Waals surface area (Å²) in [5.74, 6) is 0. The van der Waals surface area contributed by atoms with Gasteiger partial charge in [-0.1, -0.05) is 47.7 Å². The van der Waals surface area contributed by atoms with Gasteiger partial charge < -0.3 is 0 Å². The molecule has 0 aliphatic rings. The summed E-state index contributed by atoms with van der Waals surface area (Å²) in [5.41, 5.74) is 1.10. The summed E-state index contributed by atoms with van der Waals surface area (Å²) >= 11 is 1.36. The van der Waals surface area contributed by atoms with Crippen LogP contribution >= 0.6 is 11.3 Å². The molecule has 0 N–H and O–H groups in total. The zero-order valence-corrected chi connectivity index (χ0v) is 12.0. The molecule has 0 saturated heterocycles. The summed E-state index contributed by atoms with van der Waals surface area (Å²) in [4.78, 5) is 12.5. The minimum atomic E-state index is -0.219. The average Bonchev–Trinajstić information content (AvgIpc) is 2.95. The molecule has 0 unspecified atom stereocenters. The van der Waals surface area contributed by atoms with E-state index in [9.17, 15) is 4.79 Å². The van der Waals surface area contributed by atoms with Crippen molar-refractivity contribution in [2.75, 3.05) is 0 Å². The molecule has 0 spiro atoms. The number of hydrogen-bond donors (Lipinski definition) is 0. The van der Waals surface area contributed by atoms with Crippen LogP contribution in [0.4, 0.5) is 0 Å². The molecule has 5 nitrogen and oxygen atoms in total. The molecule has 0 amide bonds. The lowest BCUT2D eigenvalue weighted by atomic mass is 10.1. The van der Waals surface area contributed by atoms with E-state index in [0.717, 1.165) is 16.0 Å². The van der Waals surface area contributed by atoms with Crippen molar-refractivity contribution in [3.63, 3.8) is 0 Å². The molecule has 4 rings (SSSR count). The molecule has 0 aliphatic carbocycles. The van der Waals surface area contributed by atoms with Gasteiger partial charge in [-0.15, -0.1) is 10.2 Å². The third-order valence-electron chi connectivity index (χ3n) is 3.34. The molecular weight excluding hydrogens is 284 g/mol. The number of aryl methyl sites for hydroxylation is 1. The second-order valence-corrected chi connectivity index (χ2v) is 5.71. The molecule has 4 aromatic rings. The molecule has 0 atom stereocenters. The Hall–Kier alpha value is -2.60. The number of nitrogens with zero attached hydrogens (tertiary/aromatic N) is 4. The Morgan fingerprint density at radius 1 is 1.05 bits per heavy atom. The van der Waals surface area contributed by atoms with E-state index in [4.69, 9.17) is 0 Å². The third-order valence-corrected chi connectivity index (χ3v) is 4.29. The molecule has 102 valence electrons. The predicted octanol–water partition coefficient (Wildman–Crippen LogP) is 2.67. The largest absolute Gasteiger partial charge is 0.296 e. The fraction of sp³-hybridized carbons (Fsp3) is 0.0667. The molecule has 0 radical (unpaired) electrons. The summed E-state index contributed by atoms with van der Waals surface area (Å²) in [7, 11) is 0. The van der Waals surface area contributed by atoms with E-state index < -0.39 is 0 Å². The summed E-state index contributed by atoms with van der Waals surface area (Å²) in [6.07, 6.45) is 0. The van der Waals surface area contributed by atoms with E-state index >= 15 is 0 Å². The molecule has 0 fully saturated rings. The highest BCUT2D eigenvalue weighted by atomic mass is 32.1. The maximum Gasteiger partial charge on any atom is 0.296 e. The quantitative estimate of drug-likeness (QED) is 0.541. The second kappa shape index (κ2) is 4.46. The minimum Gasteiger partial charge on any atom is -0.265 e. The van der Waals surface area contributed by atoms with Crippen molar-refractivity contribution in [1.29, 1.82) is 0 Å². The number of aromatic nitrogens is 4. The van der Waals surface area contributed by atoms with Crippen LogP contribution in [0.3, 0.4) is 0 Å². The molecule has 2 aromatic carbocycles. The summed E-state index contributed by atoms with van der Waals surface area (Å²) in [5, 5.41) is 15.3. The van der Waals surface area contributed by atoms with E-state index in [2.05, 4.69) is 39.6 Å². The highest BCUT2D eigenvalue weighted by molar-refractivity contribution is 7.19. The Morgan fingerprint density at radius 3 is 2.71 bits per heavy atom. The van der Waals surface area contributed by atoms with E-state index in [0.29, 0.717) is 10.7 Å². The fourth-order valence-corrected chi connectivity index (χ4v) is 3.06. The van der Waals surface area contributed by atoms with Gasteiger partial charge in [0.05, 0.1) is 0 Å². The first-order valence-corrected chi connectivity index (χ1v) is 7.26. The van der Waals surface area contributed by atoms with E-state index in [1.807, 2.05) is 18.2 Å². The maximum absolute atomic E-state index is 12.0. The van der Waals surface area contributed by atoms with Crippen LogP contribution in [0.15, 0.2) is 47.3 Å². The third kappa shape index (κ3) is 1.92. The van der Waals surface area contributed by atoms with E-state index in [-0.39, 0.29) is 5.56 Å². The Morgan fingerprint density at radius 2 is 1.86 bits per heavy atom. The maximum atomic E-state index is 12.0. The van der Waals surface area contributed by atoms with Crippen LogP contribution in [0.5, 0.6) is 0 Å². The van der Waals surface area contributed by atoms with Gasteiger partial charge >= 0.3 is 0 Å². The standard InChI is InChI=1S/C15H10N4OS/c1-9-14(20)19-15(17-16-9)21-13(18-19)12-7-6-10-4-2-3-5-11(10)8-12/h2-8H,1H3. The highest BCUT2D eigenvalue weighted by Gasteiger charge is 2.11. The van der Waals surface area contributed by atoms with Gasteiger partial charge in [0.25, 0.3) is 5.56 Å². The minimum absolute atomic E-state index is 0.219. The molecule has 0 aliphatic heterocycles. The molecule has 21 heavy (non-hydrogen) atoms. The average molecular weight is 294 g/mol. The van der Waals surface area contributed by atoms with E-state index in [1.54, 1.807) is 6.92 Å². The smallest absolute Gasteiger partial charge is 0.265 e. The van der Waals surface area contributed by atoms with E-state index in [1.165, 1.54) is 21.2 Å². The first-order valence-electron chi connectivity index (χ1n) is 6.45. The van der Waals surface area contributed by atoms with Crippen LogP contribution in [0.1, 0.15) is 5.69 Å². The van der Waals surface area contributed by atoms with Gasteiger partial charge in [-0.05, 0) is 23.8 Å². The van der Waals surface area contributed by atoms with Gasteiger partial charge in [0.2, 0.25) is 4.96 Å². The molecule has 0 saturated carbocycles. The van der Waals surface area contributed by atoms with Crippen molar-refractivity contribution in [3.05, 3.63) is 58.5 Å². The molecule has 2 heterocycles. The monoisotopic (exact) mass is 294 g/mol. The Kier molecular flexibility index (Phi) is 2.58. The SMILES string of the molecule is Cc1nnc2sc(-c3ccc4ccccc4c3)nn2c1=O. The van der Waals surface area contributed by atoms with Crippen molar-refractivity contribution in [2.45, 2.75) is 6.92 Å². The number of hydrogen-bond acceptors (Lipinski definition) is 5. The fourth-order valence-electron chi connectivity index (χ4n) is 2.23. The molecule has 0 bridgehead atoms. The normalized spacial score (nSPS) is 11.3. The van der Waals surface area contributed by atoms with Gasteiger partial charge in [0, 0.05) is 5.56 Å². The van der Waals surface area contributed by atoms with Crippen molar-refractivity contribution < 1.29 is 0 Å². The van der Waals surface area contributed by atoms with Gasteiger partial charge in [0.1, 0.15) is 10.7 Å². The molecule has 2 aromatic heterocycles. The van der Waals surface area contributed by atoms with Gasteiger partial charge in [-0.25, -0.2) is 0 Å². The lowest BCUT2D eigenvalue weighted by Gasteiger charge is -1.99. The Bertz CT molecular complexity index is 1030. The number of benzene rings is 2. The zero-order chi connectivity index (χ0) is 14.4. The Balaban J connectivity index is 1.95. The lowest BCUT2D eigenvalue weighted by Crippen LogP contribution is -2.19. The summed E-state index contributed by atoms with van der Waals surface area (Å²) in [6, 6.07) is 14.3. The van der Waals surface area contributed by atoms with Crippen LogP contribution in [-0.4, -0.2) is 19.8 Å². The van der Waals surface area contributed by atoms with Gasteiger partial charge in [0.15, 0.2) is 0 Å². The van der Waals surface area contributed by atoms with Crippen molar-refractivity contribution in [3.8, 4) is 10.6 Å². The summed E-state index contributed by atoms with van der Waals surface area (Å²) < 4.78 is 1.32.